The van der Waals surface area contributed by atoms with Crippen LogP contribution in [0.3, 0.4) is 0 Å². The number of anilines is 1. The number of aromatic carboxylic acids is 1. The number of aromatic nitrogens is 2. The third-order valence-corrected chi connectivity index (χ3v) is 4.24. The van der Waals surface area contributed by atoms with Gasteiger partial charge in [0.15, 0.2) is 5.69 Å². The first kappa shape index (κ1) is 15.7. The summed E-state index contributed by atoms with van der Waals surface area (Å²) in [7, 11) is 0. The Morgan fingerprint density at radius 1 is 1.38 bits per heavy atom. The van der Waals surface area contributed by atoms with E-state index in [1.807, 2.05) is 13.8 Å². The van der Waals surface area contributed by atoms with Crippen molar-refractivity contribution in [1.29, 1.82) is 0 Å². The van der Waals surface area contributed by atoms with Gasteiger partial charge in [-0.2, -0.15) is 0 Å². The first-order valence-corrected chi connectivity index (χ1v) is 7.81. The highest BCUT2D eigenvalue weighted by molar-refractivity contribution is 5.91. The highest BCUT2D eigenvalue weighted by Gasteiger charge is 2.20. The predicted octanol–water partition coefficient (Wildman–Crippen LogP) is 3.54. The van der Waals surface area contributed by atoms with Crippen molar-refractivity contribution >= 4 is 11.7 Å². The molecular weight excluding hydrogens is 266 g/mol. The van der Waals surface area contributed by atoms with Gasteiger partial charge in [-0.3, -0.25) is 0 Å². The number of hydrogen-bond acceptors (Lipinski definition) is 4. The Balaban J connectivity index is 2.03. The van der Waals surface area contributed by atoms with E-state index >= 15 is 0 Å². The van der Waals surface area contributed by atoms with Crippen LogP contribution >= 0.6 is 0 Å². The molecule has 0 amide bonds. The molecule has 0 aliphatic heterocycles. The van der Waals surface area contributed by atoms with E-state index in [1.54, 1.807) is 6.20 Å². The summed E-state index contributed by atoms with van der Waals surface area (Å²) in [6.07, 6.45) is 6.56. The summed E-state index contributed by atoms with van der Waals surface area (Å²) in [5, 5.41) is 12.6. The van der Waals surface area contributed by atoms with Crippen LogP contribution in [-0.2, 0) is 0 Å². The molecule has 2 rings (SSSR count). The monoisotopic (exact) mass is 291 g/mol. The molecule has 0 saturated heterocycles. The van der Waals surface area contributed by atoms with E-state index in [1.165, 1.54) is 25.7 Å². The lowest BCUT2D eigenvalue weighted by molar-refractivity contribution is 0.0691. The molecule has 1 aliphatic carbocycles. The fourth-order valence-electron chi connectivity index (χ4n) is 2.75. The molecule has 1 aliphatic rings. The Bertz CT molecular complexity index is 494. The summed E-state index contributed by atoms with van der Waals surface area (Å²) in [6, 6.07) is 0. The minimum atomic E-state index is -1.00. The molecule has 1 aromatic heterocycles. The van der Waals surface area contributed by atoms with Gasteiger partial charge in [0.05, 0.1) is 11.9 Å². The van der Waals surface area contributed by atoms with Crippen LogP contribution in [0, 0.1) is 11.8 Å². The molecule has 116 valence electrons. The normalized spacial score (nSPS) is 22.3. The zero-order chi connectivity index (χ0) is 15.4. The van der Waals surface area contributed by atoms with Crippen molar-refractivity contribution in [2.75, 3.05) is 11.9 Å². The third-order valence-electron chi connectivity index (χ3n) is 4.24. The Labute approximate surface area is 126 Å². The van der Waals surface area contributed by atoms with Crippen LogP contribution in [0.2, 0.25) is 0 Å². The molecule has 5 nitrogen and oxygen atoms in total. The largest absolute Gasteiger partial charge is 0.476 e. The van der Waals surface area contributed by atoms with Crippen molar-refractivity contribution < 1.29 is 9.90 Å². The lowest BCUT2D eigenvalue weighted by Gasteiger charge is -2.26. The Kier molecular flexibility index (Phi) is 5.15. The molecule has 21 heavy (non-hydrogen) atoms. The first-order chi connectivity index (χ1) is 9.97. The lowest BCUT2D eigenvalue weighted by atomic mass is 9.83. The van der Waals surface area contributed by atoms with E-state index in [4.69, 9.17) is 0 Å². The maximum Gasteiger partial charge on any atom is 0.356 e. The van der Waals surface area contributed by atoms with Gasteiger partial charge < -0.3 is 10.4 Å². The summed E-state index contributed by atoms with van der Waals surface area (Å²) in [5.74, 6) is 1.14. The summed E-state index contributed by atoms with van der Waals surface area (Å²) in [4.78, 5) is 19.8. The maximum absolute atomic E-state index is 11.4. The minimum absolute atomic E-state index is 0.0814. The first-order valence-electron chi connectivity index (χ1n) is 7.81. The Hall–Kier alpha value is -1.65. The van der Waals surface area contributed by atoms with Crippen molar-refractivity contribution in [1.82, 2.24) is 9.97 Å². The predicted molar refractivity (Wildman–Crippen MR) is 82.7 cm³/mol. The molecule has 1 fully saturated rings. The molecule has 1 saturated carbocycles. The second-order valence-corrected chi connectivity index (χ2v) is 6.46. The van der Waals surface area contributed by atoms with Gasteiger partial charge in [0.25, 0.3) is 0 Å². The smallest absolute Gasteiger partial charge is 0.356 e. The molecule has 2 N–H and O–H groups in total. The zero-order valence-corrected chi connectivity index (χ0v) is 13.1. The molecular formula is C16H25N3O2. The molecule has 0 bridgehead atoms. The molecule has 1 heterocycles. The van der Waals surface area contributed by atoms with Gasteiger partial charge in [-0.25, -0.2) is 14.8 Å². The fourth-order valence-corrected chi connectivity index (χ4v) is 2.75. The summed E-state index contributed by atoms with van der Waals surface area (Å²) >= 11 is 0. The second kappa shape index (κ2) is 6.87. The fraction of sp³-hybridized carbons (Fsp3) is 0.688. The SMILES string of the molecule is CC1CCC(CNc2cnc(C(C)C)nc2C(=O)O)CC1. The highest BCUT2D eigenvalue weighted by atomic mass is 16.4. The Morgan fingerprint density at radius 2 is 2.05 bits per heavy atom. The molecule has 5 heteroatoms. The minimum Gasteiger partial charge on any atom is -0.476 e. The maximum atomic E-state index is 11.4. The number of carboxylic acids is 1. The van der Waals surface area contributed by atoms with E-state index < -0.39 is 5.97 Å². The standard InChI is InChI=1S/C16H25N3O2/c1-10(2)15-18-9-13(14(19-15)16(20)21)17-8-12-6-4-11(3)5-7-12/h9-12,17H,4-8H2,1-3H3,(H,20,21). The van der Waals surface area contributed by atoms with Crippen LogP contribution in [-0.4, -0.2) is 27.6 Å². The molecule has 0 radical (unpaired) electrons. The van der Waals surface area contributed by atoms with E-state index in [9.17, 15) is 9.90 Å². The van der Waals surface area contributed by atoms with Gasteiger partial charge in [0.1, 0.15) is 5.82 Å². The van der Waals surface area contributed by atoms with E-state index in [2.05, 4.69) is 22.2 Å². The van der Waals surface area contributed by atoms with Crippen LogP contribution in [0.15, 0.2) is 6.20 Å². The van der Waals surface area contributed by atoms with Crippen molar-refractivity contribution in [2.24, 2.45) is 11.8 Å². The summed E-state index contributed by atoms with van der Waals surface area (Å²) in [6.45, 7) is 7.01. The zero-order valence-electron chi connectivity index (χ0n) is 13.1. The average molecular weight is 291 g/mol. The number of nitrogens with one attached hydrogen (secondary N) is 1. The van der Waals surface area contributed by atoms with Gasteiger partial charge in [-0.15, -0.1) is 0 Å². The molecule has 0 atom stereocenters. The number of hydrogen-bond donors (Lipinski definition) is 2. The van der Waals surface area contributed by atoms with Crippen LogP contribution in [0.25, 0.3) is 0 Å². The molecule has 0 unspecified atom stereocenters. The van der Waals surface area contributed by atoms with Gasteiger partial charge in [-0.1, -0.05) is 33.6 Å². The van der Waals surface area contributed by atoms with Crippen molar-refractivity contribution in [2.45, 2.75) is 52.4 Å². The number of rotatable bonds is 5. The van der Waals surface area contributed by atoms with Gasteiger partial charge in [0.2, 0.25) is 0 Å². The quantitative estimate of drug-likeness (QED) is 0.868. The van der Waals surface area contributed by atoms with Crippen molar-refractivity contribution in [3.63, 3.8) is 0 Å². The van der Waals surface area contributed by atoms with E-state index in [-0.39, 0.29) is 11.6 Å². The van der Waals surface area contributed by atoms with Gasteiger partial charge in [0, 0.05) is 12.5 Å². The average Bonchev–Trinajstić information content (AvgIpc) is 2.46. The van der Waals surface area contributed by atoms with Gasteiger partial charge in [-0.05, 0) is 24.7 Å². The third kappa shape index (κ3) is 4.16. The van der Waals surface area contributed by atoms with E-state index in [0.29, 0.717) is 17.4 Å². The summed E-state index contributed by atoms with van der Waals surface area (Å²) < 4.78 is 0. The molecule has 1 aromatic rings. The second-order valence-electron chi connectivity index (χ2n) is 6.46. The van der Waals surface area contributed by atoms with Crippen LogP contribution in [0.5, 0.6) is 0 Å². The molecule has 0 aromatic carbocycles. The van der Waals surface area contributed by atoms with Crippen LogP contribution < -0.4 is 5.32 Å². The lowest BCUT2D eigenvalue weighted by Crippen LogP contribution is -2.21. The molecule has 0 spiro atoms. The van der Waals surface area contributed by atoms with Crippen LogP contribution in [0.1, 0.15) is 68.7 Å². The van der Waals surface area contributed by atoms with Crippen molar-refractivity contribution in [3.8, 4) is 0 Å². The summed E-state index contributed by atoms with van der Waals surface area (Å²) in [5.41, 5.74) is 0.614. The van der Waals surface area contributed by atoms with Crippen molar-refractivity contribution in [3.05, 3.63) is 17.7 Å². The number of carboxylic acid groups (broad SMARTS) is 1. The number of carbonyl (C=O) groups is 1. The van der Waals surface area contributed by atoms with Gasteiger partial charge >= 0.3 is 5.97 Å². The Morgan fingerprint density at radius 3 is 2.62 bits per heavy atom. The topological polar surface area (TPSA) is 75.1 Å². The highest BCUT2D eigenvalue weighted by Crippen LogP contribution is 2.28. The number of nitrogens with zero attached hydrogens (tertiary/aromatic N) is 2. The van der Waals surface area contributed by atoms with E-state index in [0.717, 1.165) is 12.5 Å². The van der Waals surface area contributed by atoms with Crippen LogP contribution in [0.4, 0.5) is 5.69 Å².